The maximum atomic E-state index is 6.17. The fraction of sp³-hybridized carbons (Fsp3) is 0.333. The van der Waals surface area contributed by atoms with Crippen molar-refractivity contribution in [2.24, 2.45) is 0 Å². The first-order chi connectivity index (χ1) is 11.7. The van der Waals surface area contributed by atoms with Crippen molar-refractivity contribution in [1.82, 2.24) is 14.6 Å². The van der Waals surface area contributed by atoms with Crippen LogP contribution in [0.5, 0.6) is 0 Å². The minimum absolute atomic E-state index is 0.216. The quantitative estimate of drug-likeness (QED) is 0.673. The topological polar surface area (TPSA) is 42.2 Å². The van der Waals surface area contributed by atoms with Crippen molar-refractivity contribution < 1.29 is 0 Å². The van der Waals surface area contributed by atoms with E-state index in [0.29, 0.717) is 6.54 Å². The third kappa shape index (κ3) is 3.12. The number of nitrogens with one attached hydrogen (secondary N) is 1. The number of aromatic nitrogens is 3. The van der Waals surface area contributed by atoms with Crippen molar-refractivity contribution in [2.45, 2.75) is 40.2 Å². The summed E-state index contributed by atoms with van der Waals surface area (Å²) in [7, 11) is 0. The minimum Gasteiger partial charge on any atom is -0.363 e. The molecule has 0 aliphatic carbocycles. The van der Waals surface area contributed by atoms with Crippen molar-refractivity contribution >= 4 is 34.3 Å². The fourth-order valence-electron chi connectivity index (χ4n) is 2.86. The number of rotatable bonds is 5. The standard InChI is InChI=1S/C18H19ClN4S/c1-4-7-14-12(3)16-17(20-11-13-9-6-10-24-13)21-18(19)22-23(16)15(14)8-5-2/h6,9-10H,4,7,11H2,1-3H3,(H,20,21,22). The van der Waals surface area contributed by atoms with Gasteiger partial charge in [0.2, 0.25) is 5.28 Å². The molecule has 0 aromatic carbocycles. The number of halogens is 1. The molecule has 0 saturated heterocycles. The van der Waals surface area contributed by atoms with Gasteiger partial charge in [0.15, 0.2) is 5.82 Å². The molecule has 0 aliphatic rings. The SMILES string of the molecule is CC#Cc1c(CCC)c(C)c2c(NCc3cccs3)nc(Cl)nn12. The zero-order valence-corrected chi connectivity index (χ0v) is 15.6. The second-order valence-corrected chi connectivity index (χ2v) is 6.87. The molecule has 0 aliphatic heterocycles. The van der Waals surface area contributed by atoms with Crippen molar-refractivity contribution in [1.29, 1.82) is 0 Å². The Bertz CT molecular complexity index is 916. The highest BCUT2D eigenvalue weighted by Gasteiger charge is 2.19. The van der Waals surface area contributed by atoms with Gasteiger partial charge < -0.3 is 5.32 Å². The number of hydrogen-bond donors (Lipinski definition) is 1. The van der Waals surface area contributed by atoms with E-state index < -0.39 is 0 Å². The summed E-state index contributed by atoms with van der Waals surface area (Å²) in [6.45, 7) is 6.82. The van der Waals surface area contributed by atoms with Gasteiger partial charge in [-0.2, -0.15) is 4.98 Å². The van der Waals surface area contributed by atoms with E-state index in [4.69, 9.17) is 11.6 Å². The zero-order chi connectivity index (χ0) is 17.1. The van der Waals surface area contributed by atoms with Crippen molar-refractivity contribution in [3.8, 4) is 11.8 Å². The van der Waals surface area contributed by atoms with Crippen LogP contribution in [0.1, 0.15) is 42.0 Å². The Labute approximate surface area is 150 Å². The number of aryl methyl sites for hydroxylation is 1. The van der Waals surface area contributed by atoms with Crippen LogP contribution in [-0.4, -0.2) is 14.6 Å². The largest absolute Gasteiger partial charge is 0.363 e. The summed E-state index contributed by atoms with van der Waals surface area (Å²) in [5, 5.41) is 10.1. The van der Waals surface area contributed by atoms with Gasteiger partial charge in [-0.1, -0.05) is 25.3 Å². The predicted octanol–water partition coefficient (Wildman–Crippen LogP) is 4.69. The number of hydrogen-bond acceptors (Lipinski definition) is 4. The molecule has 0 fully saturated rings. The Hall–Kier alpha value is -2.03. The molecule has 0 unspecified atom stereocenters. The molecule has 0 bridgehead atoms. The predicted molar refractivity (Wildman–Crippen MR) is 101 cm³/mol. The van der Waals surface area contributed by atoms with Crippen LogP contribution in [0.25, 0.3) is 5.52 Å². The van der Waals surface area contributed by atoms with Crippen LogP contribution < -0.4 is 5.32 Å². The lowest BCUT2D eigenvalue weighted by molar-refractivity contribution is 0.867. The molecule has 3 aromatic rings. The van der Waals surface area contributed by atoms with Crippen LogP contribution >= 0.6 is 22.9 Å². The van der Waals surface area contributed by atoms with E-state index in [0.717, 1.165) is 29.9 Å². The molecule has 24 heavy (non-hydrogen) atoms. The van der Waals surface area contributed by atoms with E-state index in [1.165, 1.54) is 16.0 Å². The van der Waals surface area contributed by atoms with E-state index in [2.05, 4.69) is 52.5 Å². The normalized spacial score (nSPS) is 10.7. The molecule has 3 heterocycles. The summed E-state index contributed by atoms with van der Waals surface area (Å²) in [6, 6.07) is 4.14. The Morgan fingerprint density at radius 2 is 2.25 bits per heavy atom. The van der Waals surface area contributed by atoms with Gasteiger partial charge in [0.1, 0.15) is 11.2 Å². The highest BCUT2D eigenvalue weighted by molar-refractivity contribution is 7.09. The summed E-state index contributed by atoms with van der Waals surface area (Å²) >= 11 is 7.88. The zero-order valence-electron chi connectivity index (χ0n) is 14.0. The lowest BCUT2D eigenvalue weighted by atomic mass is 10.1. The average Bonchev–Trinajstić information content (AvgIpc) is 3.16. The molecule has 0 saturated carbocycles. The summed E-state index contributed by atoms with van der Waals surface area (Å²) in [6.07, 6.45) is 2.01. The first-order valence-electron chi connectivity index (χ1n) is 7.92. The smallest absolute Gasteiger partial charge is 0.243 e. The van der Waals surface area contributed by atoms with Crippen molar-refractivity contribution in [3.05, 3.63) is 44.5 Å². The Balaban J connectivity index is 2.14. The van der Waals surface area contributed by atoms with Crippen LogP contribution in [0, 0.1) is 18.8 Å². The third-order valence-electron chi connectivity index (χ3n) is 3.88. The molecular weight excluding hydrogens is 340 g/mol. The summed E-state index contributed by atoms with van der Waals surface area (Å²) < 4.78 is 1.84. The van der Waals surface area contributed by atoms with Gasteiger partial charge >= 0.3 is 0 Å². The Kier molecular flexibility index (Phi) is 5.08. The van der Waals surface area contributed by atoms with E-state index in [1.807, 2.05) is 17.5 Å². The van der Waals surface area contributed by atoms with Crippen molar-refractivity contribution in [2.75, 3.05) is 5.32 Å². The van der Waals surface area contributed by atoms with Crippen LogP contribution in [0.15, 0.2) is 17.5 Å². The molecule has 0 spiro atoms. The molecule has 4 nitrogen and oxygen atoms in total. The van der Waals surface area contributed by atoms with E-state index >= 15 is 0 Å². The average molecular weight is 359 g/mol. The summed E-state index contributed by atoms with van der Waals surface area (Å²) in [4.78, 5) is 5.66. The molecular formula is C18H19ClN4S. The summed E-state index contributed by atoms with van der Waals surface area (Å²) in [5.41, 5.74) is 4.26. The number of nitrogens with zero attached hydrogens (tertiary/aromatic N) is 3. The van der Waals surface area contributed by atoms with E-state index in [-0.39, 0.29) is 5.28 Å². The van der Waals surface area contributed by atoms with Gasteiger partial charge in [-0.25, -0.2) is 4.52 Å². The van der Waals surface area contributed by atoms with E-state index in [9.17, 15) is 0 Å². The molecule has 0 amide bonds. The van der Waals surface area contributed by atoms with Gasteiger partial charge in [-0.05, 0) is 60.4 Å². The third-order valence-corrected chi connectivity index (χ3v) is 4.92. The number of fused-ring (bicyclic) bond motifs is 1. The molecule has 1 N–H and O–H groups in total. The lowest BCUT2D eigenvalue weighted by Crippen LogP contribution is -2.06. The molecule has 0 atom stereocenters. The highest BCUT2D eigenvalue weighted by Crippen LogP contribution is 2.29. The van der Waals surface area contributed by atoms with Crippen LogP contribution in [0.3, 0.4) is 0 Å². The maximum Gasteiger partial charge on any atom is 0.243 e. The van der Waals surface area contributed by atoms with Gasteiger partial charge in [0.05, 0.1) is 6.54 Å². The highest BCUT2D eigenvalue weighted by atomic mass is 35.5. The monoisotopic (exact) mass is 358 g/mol. The first kappa shape index (κ1) is 16.8. The van der Waals surface area contributed by atoms with Gasteiger partial charge in [0, 0.05) is 4.88 Å². The minimum atomic E-state index is 0.216. The Morgan fingerprint density at radius 3 is 2.92 bits per heavy atom. The van der Waals surface area contributed by atoms with Crippen LogP contribution in [0.4, 0.5) is 5.82 Å². The van der Waals surface area contributed by atoms with Gasteiger partial charge in [-0.3, -0.25) is 0 Å². The van der Waals surface area contributed by atoms with Crippen LogP contribution in [-0.2, 0) is 13.0 Å². The van der Waals surface area contributed by atoms with E-state index in [1.54, 1.807) is 11.3 Å². The fourth-order valence-corrected chi connectivity index (χ4v) is 3.66. The second-order valence-electron chi connectivity index (χ2n) is 5.50. The molecule has 124 valence electrons. The maximum absolute atomic E-state index is 6.17. The van der Waals surface area contributed by atoms with Crippen LogP contribution in [0.2, 0.25) is 5.28 Å². The van der Waals surface area contributed by atoms with Gasteiger partial charge in [0.25, 0.3) is 0 Å². The van der Waals surface area contributed by atoms with Gasteiger partial charge in [-0.15, -0.1) is 16.4 Å². The Morgan fingerprint density at radius 1 is 1.42 bits per heavy atom. The lowest BCUT2D eigenvalue weighted by Gasteiger charge is -2.08. The molecule has 0 radical (unpaired) electrons. The second kappa shape index (κ2) is 7.25. The van der Waals surface area contributed by atoms with Crippen molar-refractivity contribution in [3.63, 3.8) is 0 Å². The molecule has 3 aromatic heterocycles. The number of anilines is 1. The molecule has 3 rings (SSSR count). The number of thiophene rings is 1. The summed E-state index contributed by atoms with van der Waals surface area (Å²) in [5.74, 6) is 6.93. The first-order valence-corrected chi connectivity index (χ1v) is 9.18. The molecule has 6 heteroatoms.